The molecule has 0 saturated carbocycles. The highest BCUT2D eigenvalue weighted by molar-refractivity contribution is 7.17. The van der Waals surface area contributed by atoms with E-state index in [-0.39, 0.29) is 23.7 Å². The number of likely N-dealkylation sites (tertiary alicyclic amines) is 1. The summed E-state index contributed by atoms with van der Waals surface area (Å²) in [6.07, 6.45) is 0.283. The van der Waals surface area contributed by atoms with Crippen molar-refractivity contribution in [2.24, 2.45) is 0 Å². The zero-order valence-electron chi connectivity index (χ0n) is 17.1. The summed E-state index contributed by atoms with van der Waals surface area (Å²) < 4.78 is 11.7. The highest BCUT2D eigenvalue weighted by atomic mass is 32.1. The molecule has 2 aromatic heterocycles. The van der Waals surface area contributed by atoms with Crippen LogP contribution in [0.25, 0.3) is 21.6 Å². The van der Waals surface area contributed by atoms with Crippen LogP contribution < -0.4 is 4.90 Å². The van der Waals surface area contributed by atoms with Gasteiger partial charge in [-0.2, -0.15) is 0 Å². The van der Waals surface area contributed by atoms with Gasteiger partial charge in [-0.3, -0.25) is 4.79 Å². The molecule has 3 fully saturated rings. The van der Waals surface area contributed by atoms with E-state index in [4.69, 9.17) is 14.5 Å². The summed E-state index contributed by atoms with van der Waals surface area (Å²) in [7, 11) is 0. The number of nitrogens with zero attached hydrogens (tertiary/aromatic N) is 4. The Kier molecular flexibility index (Phi) is 4.51. The number of carbonyl (C=O) groups excluding carboxylic acids is 2. The first kappa shape index (κ1) is 19.4. The van der Waals surface area contributed by atoms with Gasteiger partial charge in [0.25, 0.3) is 5.91 Å². The van der Waals surface area contributed by atoms with Crippen LogP contribution in [0, 0.1) is 0 Å². The number of esters is 1. The topological polar surface area (TPSA) is 105 Å². The molecule has 2 bridgehead atoms. The van der Waals surface area contributed by atoms with E-state index in [1.165, 1.54) is 11.0 Å². The molecule has 3 aromatic rings. The fraction of sp³-hybridized carbons (Fsp3) is 0.364. The van der Waals surface area contributed by atoms with E-state index in [2.05, 4.69) is 9.88 Å². The standard InChI is InChI=1S/C22H20N4O5S/c27-14-8-12(7-13(9-14)21(28)26-11-15-10-17(26)22(29)31-15)19-23-16-1-6-32-18(16)20(24-19)25-2-4-30-5-3-25/h1,6-9,15,17,27H,2-5,10-11H2/t15-,17+/m0/s1. The lowest BCUT2D eigenvalue weighted by Crippen LogP contribution is -2.44. The van der Waals surface area contributed by atoms with Crippen molar-refractivity contribution in [1.29, 1.82) is 0 Å². The lowest BCUT2D eigenvalue weighted by atomic mass is 10.1. The largest absolute Gasteiger partial charge is 0.508 e. The van der Waals surface area contributed by atoms with Gasteiger partial charge in [-0.25, -0.2) is 14.8 Å². The number of fused-ring (bicyclic) bond motifs is 3. The third-order valence-electron chi connectivity index (χ3n) is 6.10. The Balaban J connectivity index is 1.39. The Morgan fingerprint density at radius 2 is 2.03 bits per heavy atom. The summed E-state index contributed by atoms with van der Waals surface area (Å²) in [4.78, 5) is 38.3. The maximum absolute atomic E-state index is 13.1. The molecule has 1 N–H and O–H groups in total. The van der Waals surface area contributed by atoms with Gasteiger partial charge in [-0.1, -0.05) is 0 Å². The van der Waals surface area contributed by atoms with Crippen LogP contribution in [0.5, 0.6) is 5.75 Å². The molecule has 1 aromatic carbocycles. The van der Waals surface area contributed by atoms with Gasteiger partial charge >= 0.3 is 5.97 Å². The Morgan fingerprint density at radius 3 is 2.81 bits per heavy atom. The van der Waals surface area contributed by atoms with Gasteiger partial charge in [0.1, 0.15) is 17.9 Å². The van der Waals surface area contributed by atoms with E-state index in [1.54, 1.807) is 23.5 Å². The second kappa shape index (κ2) is 7.42. The van der Waals surface area contributed by atoms with E-state index in [0.717, 1.165) is 29.1 Å². The summed E-state index contributed by atoms with van der Waals surface area (Å²) in [5, 5.41) is 12.4. The van der Waals surface area contributed by atoms with Gasteiger partial charge in [0, 0.05) is 30.6 Å². The van der Waals surface area contributed by atoms with Crippen molar-refractivity contribution >= 4 is 39.2 Å². The Morgan fingerprint density at radius 1 is 1.19 bits per heavy atom. The molecule has 10 heteroatoms. The molecule has 0 radical (unpaired) electrons. The van der Waals surface area contributed by atoms with Gasteiger partial charge < -0.3 is 24.4 Å². The summed E-state index contributed by atoms with van der Waals surface area (Å²) in [5.74, 6) is 0.538. The predicted molar refractivity (Wildman–Crippen MR) is 117 cm³/mol. The SMILES string of the molecule is O=C1O[C@H]2C[C@H]1N(C(=O)c1cc(O)cc(-c3nc(N4CCOCC4)c4sccc4n3)c1)C2. The molecule has 3 aliphatic heterocycles. The van der Waals surface area contributed by atoms with Gasteiger partial charge in [0.2, 0.25) is 0 Å². The summed E-state index contributed by atoms with van der Waals surface area (Å²) in [6, 6.07) is 6.03. The molecule has 2 atom stereocenters. The van der Waals surface area contributed by atoms with E-state index in [9.17, 15) is 14.7 Å². The minimum Gasteiger partial charge on any atom is -0.508 e. The summed E-state index contributed by atoms with van der Waals surface area (Å²) in [5.41, 5.74) is 1.66. The lowest BCUT2D eigenvalue weighted by molar-refractivity contribution is -0.149. The number of anilines is 1. The van der Waals surface area contributed by atoms with Crippen LogP contribution in [0.1, 0.15) is 16.8 Å². The molecule has 0 unspecified atom stereocenters. The number of ether oxygens (including phenoxy) is 2. The van der Waals surface area contributed by atoms with Crippen LogP contribution in [0.15, 0.2) is 29.6 Å². The number of hydrogen-bond donors (Lipinski definition) is 1. The first-order chi connectivity index (χ1) is 15.6. The number of aromatic hydroxyl groups is 1. The van der Waals surface area contributed by atoms with Crippen molar-refractivity contribution in [1.82, 2.24) is 14.9 Å². The molecule has 32 heavy (non-hydrogen) atoms. The molecule has 164 valence electrons. The number of morpholine rings is 2. The monoisotopic (exact) mass is 452 g/mol. The minimum atomic E-state index is -0.551. The second-order valence-corrected chi connectivity index (χ2v) is 9.06. The quantitative estimate of drug-likeness (QED) is 0.602. The average Bonchev–Trinajstić information content (AvgIpc) is 3.53. The minimum absolute atomic E-state index is 0.0558. The number of hydrogen-bond acceptors (Lipinski definition) is 9. The van der Waals surface area contributed by atoms with E-state index >= 15 is 0 Å². The molecular weight excluding hydrogens is 432 g/mol. The third kappa shape index (κ3) is 3.18. The summed E-state index contributed by atoms with van der Waals surface area (Å²) in [6.45, 7) is 3.12. The van der Waals surface area contributed by atoms with Crippen molar-refractivity contribution in [3.8, 4) is 17.1 Å². The van der Waals surface area contributed by atoms with Crippen LogP contribution in [-0.4, -0.2) is 76.8 Å². The van der Waals surface area contributed by atoms with Crippen molar-refractivity contribution in [2.45, 2.75) is 18.6 Å². The van der Waals surface area contributed by atoms with Crippen molar-refractivity contribution in [2.75, 3.05) is 37.7 Å². The zero-order chi connectivity index (χ0) is 21.8. The number of rotatable bonds is 3. The Hall–Kier alpha value is -3.24. The van der Waals surface area contributed by atoms with Crippen molar-refractivity contribution in [3.05, 3.63) is 35.2 Å². The third-order valence-corrected chi connectivity index (χ3v) is 7.00. The van der Waals surface area contributed by atoms with Gasteiger partial charge in [0.05, 0.1) is 30.0 Å². The fourth-order valence-electron chi connectivity index (χ4n) is 4.57. The van der Waals surface area contributed by atoms with Crippen molar-refractivity contribution in [3.63, 3.8) is 0 Å². The number of aromatic nitrogens is 2. The Bertz CT molecular complexity index is 1240. The van der Waals surface area contributed by atoms with Crippen molar-refractivity contribution < 1.29 is 24.2 Å². The van der Waals surface area contributed by atoms with Crippen LogP contribution in [0.4, 0.5) is 5.82 Å². The average molecular weight is 452 g/mol. The van der Waals surface area contributed by atoms with Gasteiger partial charge in [-0.05, 0) is 29.6 Å². The number of carbonyl (C=O) groups is 2. The number of phenols is 1. The Labute approximate surface area is 187 Å². The molecule has 9 nitrogen and oxygen atoms in total. The molecule has 5 heterocycles. The molecule has 1 amide bonds. The highest BCUT2D eigenvalue weighted by Crippen LogP contribution is 2.34. The van der Waals surface area contributed by atoms with Crippen LogP contribution in [0.2, 0.25) is 0 Å². The van der Waals surface area contributed by atoms with E-state index < -0.39 is 6.04 Å². The highest BCUT2D eigenvalue weighted by Gasteiger charge is 2.48. The van der Waals surface area contributed by atoms with Gasteiger partial charge in [0.15, 0.2) is 11.6 Å². The maximum atomic E-state index is 13.1. The number of benzene rings is 1. The smallest absolute Gasteiger partial charge is 0.329 e. The first-order valence-electron chi connectivity index (χ1n) is 10.5. The zero-order valence-corrected chi connectivity index (χ0v) is 17.9. The van der Waals surface area contributed by atoms with Gasteiger partial charge in [-0.15, -0.1) is 11.3 Å². The molecule has 0 spiro atoms. The van der Waals surface area contributed by atoms with Crippen LogP contribution in [0.3, 0.4) is 0 Å². The van der Waals surface area contributed by atoms with E-state index in [0.29, 0.717) is 43.1 Å². The number of thiophene rings is 1. The normalized spacial score (nSPS) is 22.6. The number of phenolic OH excluding ortho intramolecular Hbond substituents is 1. The van der Waals surface area contributed by atoms with Crippen LogP contribution >= 0.6 is 11.3 Å². The van der Waals surface area contributed by atoms with Crippen LogP contribution in [-0.2, 0) is 14.3 Å². The maximum Gasteiger partial charge on any atom is 0.329 e. The molecule has 0 aliphatic carbocycles. The first-order valence-corrected chi connectivity index (χ1v) is 11.4. The predicted octanol–water partition coefficient (Wildman–Crippen LogP) is 2.04. The number of amides is 1. The fourth-order valence-corrected chi connectivity index (χ4v) is 5.42. The lowest BCUT2D eigenvalue weighted by Gasteiger charge is -2.28. The summed E-state index contributed by atoms with van der Waals surface area (Å²) >= 11 is 1.59. The molecule has 3 aliphatic rings. The molecule has 6 rings (SSSR count). The second-order valence-electron chi connectivity index (χ2n) is 8.14. The van der Waals surface area contributed by atoms with E-state index in [1.807, 2.05) is 11.4 Å². The molecular formula is C22H20N4O5S. The molecule has 3 saturated heterocycles.